The number of carbonyl (C=O) groups is 5. The lowest BCUT2D eigenvalue weighted by Crippen LogP contribution is -2.19. The van der Waals surface area contributed by atoms with E-state index in [2.05, 4.69) is 4.74 Å². The number of aliphatic hydroxyl groups is 2. The zero-order valence-corrected chi connectivity index (χ0v) is 13.4. The maximum atomic E-state index is 10.0. The van der Waals surface area contributed by atoms with Gasteiger partial charge in [-0.2, -0.15) is 0 Å². The highest BCUT2D eigenvalue weighted by Crippen LogP contribution is 1.83. The van der Waals surface area contributed by atoms with E-state index < -0.39 is 5.97 Å². The highest BCUT2D eigenvalue weighted by atomic mass is 16.5. The van der Waals surface area contributed by atoms with Crippen molar-refractivity contribution in [2.45, 2.75) is 6.92 Å². The summed E-state index contributed by atoms with van der Waals surface area (Å²) in [6.45, 7) is 1.78. The van der Waals surface area contributed by atoms with Gasteiger partial charge in [0.15, 0.2) is 0 Å². The van der Waals surface area contributed by atoms with Crippen molar-refractivity contribution < 1.29 is 44.0 Å². The Morgan fingerprint density at radius 3 is 1.20 bits per heavy atom. The van der Waals surface area contributed by atoms with Crippen molar-refractivity contribution in [1.82, 2.24) is 10.6 Å². The van der Waals surface area contributed by atoms with E-state index in [9.17, 15) is 19.2 Å². The lowest BCUT2D eigenvalue weighted by Gasteiger charge is -1.94. The third kappa shape index (κ3) is 21.1. The Morgan fingerprint density at radius 2 is 1.08 bits per heavy atom. The van der Waals surface area contributed by atoms with Crippen molar-refractivity contribution in [3.05, 3.63) is 24.3 Å². The lowest BCUT2D eigenvalue weighted by atomic mass is 10.6. The van der Waals surface area contributed by atoms with Gasteiger partial charge < -0.3 is 20.1 Å². The molecule has 0 atom stereocenters. The molecule has 0 bridgehead atoms. The van der Waals surface area contributed by atoms with Crippen LogP contribution in [0.1, 0.15) is 6.92 Å². The van der Waals surface area contributed by atoms with Crippen LogP contribution in [-0.4, -0.2) is 71.3 Å². The number of amides is 4. The van der Waals surface area contributed by atoms with Crippen LogP contribution >= 0.6 is 0 Å². The second-order valence-electron chi connectivity index (χ2n) is 3.95. The van der Waals surface area contributed by atoms with Gasteiger partial charge in [-0.05, 0) is 0 Å². The van der Waals surface area contributed by atoms with Gasteiger partial charge in [-0.25, -0.2) is 0 Å². The summed E-state index contributed by atoms with van der Waals surface area (Å²) in [6.07, 6.45) is 4.79. The number of carboxylic acid groups (broad SMARTS) is 1. The maximum absolute atomic E-state index is 10.0. The number of carbonyl (C=O) groups excluding carboxylic acids is 4. The molecular formula is C14H20N2O9. The van der Waals surface area contributed by atoms with E-state index in [0.29, 0.717) is 13.2 Å². The van der Waals surface area contributed by atoms with Gasteiger partial charge in [-0.1, -0.05) is 0 Å². The topological polar surface area (TPSA) is 179 Å². The SMILES string of the molecule is CC(=O)O.O=C1C=CC(=O)N1.O=C1C=CC(=O)N1.OCCOCCO. The van der Waals surface area contributed by atoms with E-state index in [4.69, 9.17) is 20.1 Å². The third-order valence-corrected chi connectivity index (χ3v) is 1.74. The van der Waals surface area contributed by atoms with Crippen molar-refractivity contribution in [3.8, 4) is 0 Å². The summed E-state index contributed by atoms with van der Waals surface area (Å²) in [7, 11) is 0. The molecule has 25 heavy (non-hydrogen) atoms. The van der Waals surface area contributed by atoms with Crippen LogP contribution in [0, 0.1) is 0 Å². The van der Waals surface area contributed by atoms with Crippen LogP contribution < -0.4 is 10.6 Å². The number of hydrogen-bond acceptors (Lipinski definition) is 8. The van der Waals surface area contributed by atoms with Crippen LogP contribution in [0.15, 0.2) is 24.3 Å². The average molecular weight is 360 g/mol. The molecule has 0 spiro atoms. The second-order valence-corrected chi connectivity index (χ2v) is 3.95. The third-order valence-electron chi connectivity index (χ3n) is 1.74. The molecule has 0 saturated carbocycles. The van der Waals surface area contributed by atoms with Crippen LogP contribution in [-0.2, 0) is 28.7 Å². The highest BCUT2D eigenvalue weighted by Gasteiger charge is 2.07. The molecule has 0 saturated heterocycles. The fourth-order valence-corrected chi connectivity index (χ4v) is 0.943. The largest absolute Gasteiger partial charge is 0.481 e. The molecule has 5 N–H and O–H groups in total. The van der Waals surface area contributed by atoms with Crippen molar-refractivity contribution >= 4 is 29.6 Å². The first-order valence-electron chi connectivity index (χ1n) is 6.78. The summed E-state index contributed by atoms with van der Waals surface area (Å²) in [6, 6.07) is 0. The molecule has 2 heterocycles. The molecule has 0 radical (unpaired) electrons. The first kappa shape index (κ1) is 24.4. The summed E-state index contributed by atoms with van der Waals surface area (Å²) in [5, 5.41) is 27.6. The molecule has 4 amide bonds. The van der Waals surface area contributed by atoms with Gasteiger partial charge in [0.2, 0.25) is 0 Å². The first-order valence-corrected chi connectivity index (χ1v) is 6.78. The lowest BCUT2D eigenvalue weighted by molar-refractivity contribution is -0.134. The molecule has 0 aliphatic carbocycles. The normalized spacial score (nSPS) is 13.6. The summed E-state index contributed by atoms with van der Waals surface area (Å²) in [5.74, 6) is -2.15. The van der Waals surface area contributed by atoms with Gasteiger partial charge in [-0.3, -0.25) is 34.6 Å². The van der Waals surface area contributed by atoms with Crippen molar-refractivity contribution in [2.75, 3.05) is 26.4 Å². The van der Waals surface area contributed by atoms with Crippen LogP contribution in [0.4, 0.5) is 0 Å². The fraction of sp³-hybridized carbons (Fsp3) is 0.357. The number of aliphatic hydroxyl groups excluding tert-OH is 2. The summed E-state index contributed by atoms with van der Waals surface area (Å²) >= 11 is 0. The predicted octanol–water partition coefficient (Wildman–Crippen LogP) is -2.52. The molecule has 11 heteroatoms. The predicted molar refractivity (Wildman–Crippen MR) is 82.9 cm³/mol. The van der Waals surface area contributed by atoms with E-state index >= 15 is 0 Å². The monoisotopic (exact) mass is 360 g/mol. The fourth-order valence-electron chi connectivity index (χ4n) is 0.943. The minimum Gasteiger partial charge on any atom is -0.481 e. The molecule has 2 rings (SSSR count). The minimum atomic E-state index is -0.833. The first-order chi connectivity index (χ1) is 11.7. The Hall–Kier alpha value is -2.89. The van der Waals surface area contributed by atoms with E-state index in [-0.39, 0.29) is 36.8 Å². The molecule has 0 aromatic heterocycles. The maximum Gasteiger partial charge on any atom is 0.300 e. The van der Waals surface area contributed by atoms with Crippen molar-refractivity contribution in [3.63, 3.8) is 0 Å². The zero-order valence-electron chi connectivity index (χ0n) is 13.4. The van der Waals surface area contributed by atoms with Crippen LogP contribution in [0.5, 0.6) is 0 Å². The van der Waals surface area contributed by atoms with Crippen molar-refractivity contribution in [2.24, 2.45) is 0 Å². The van der Waals surface area contributed by atoms with Crippen molar-refractivity contribution in [1.29, 1.82) is 0 Å². The van der Waals surface area contributed by atoms with Crippen LogP contribution in [0.2, 0.25) is 0 Å². The van der Waals surface area contributed by atoms with E-state index in [0.717, 1.165) is 6.92 Å². The van der Waals surface area contributed by atoms with Gasteiger partial charge >= 0.3 is 0 Å². The van der Waals surface area contributed by atoms with Crippen LogP contribution in [0.3, 0.4) is 0 Å². The van der Waals surface area contributed by atoms with Gasteiger partial charge in [0.05, 0.1) is 26.4 Å². The molecule has 2 aliphatic heterocycles. The number of imide groups is 2. The van der Waals surface area contributed by atoms with Gasteiger partial charge in [0, 0.05) is 31.2 Å². The van der Waals surface area contributed by atoms with E-state index in [1.807, 2.05) is 10.6 Å². The summed E-state index contributed by atoms with van der Waals surface area (Å²) in [4.78, 5) is 49.1. The molecular weight excluding hydrogens is 340 g/mol. The minimum absolute atomic E-state index is 0.0278. The molecule has 11 nitrogen and oxygen atoms in total. The number of rotatable bonds is 4. The molecule has 0 aromatic carbocycles. The van der Waals surface area contributed by atoms with E-state index in [1.165, 1.54) is 24.3 Å². The molecule has 0 unspecified atom stereocenters. The molecule has 2 aliphatic rings. The molecule has 0 aromatic rings. The van der Waals surface area contributed by atoms with Crippen LogP contribution in [0.25, 0.3) is 0 Å². The molecule has 140 valence electrons. The summed E-state index contributed by atoms with van der Waals surface area (Å²) < 4.78 is 4.63. The number of ether oxygens (including phenoxy) is 1. The Labute approximate surface area is 143 Å². The Balaban J connectivity index is 0. The Morgan fingerprint density at radius 1 is 0.840 bits per heavy atom. The Bertz CT molecular complexity index is 450. The average Bonchev–Trinajstić information content (AvgIpc) is 3.07. The van der Waals surface area contributed by atoms with Gasteiger partial charge in [-0.15, -0.1) is 0 Å². The van der Waals surface area contributed by atoms with Gasteiger partial charge in [0.1, 0.15) is 0 Å². The van der Waals surface area contributed by atoms with E-state index in [1.54, 1.807) is 0 Å². The zero-order chi connectivity index (χ0) is 19.7. The Kier molecular flexibility index (Phi) is 15.6. The quantitative estimate of drug-likeness (QED) is 0.267. The standard InChI is InChI=1S/2C4H3NO2.C4H10O3.C2H4O2/c2*6-3-1-2-4(7)5-3;5-1-3-7-4-2-6;1-2(3)4/h2*1-2H,(H,5,6,7);5-6H,1-4H2;1H3,(H,3,4). The van der Waals surface area contributed by atoms with Gasteiger partial charge in [0.25, 0.3) is 29.6 Å². The summed E-state index contributed by atoms with van der Waals surface area (Å²) in [5.41, 5.74) is 0. The smallest absolute Gasteiger partial charge is 0.300 e. The number of nitrogens with one attached hydrogen (secondary N) is 2. The number of carboxylic acids is 1. The number of hydrogen-bond donors (Lipinski definition) is 5. The highest BCUT2D eigenvalue weighted by molar-refractivity contribution is 6.13. The number of aliphatic carboxylic acids is 1. The second kappa shape index (κ2) is 16.0. The molecule has 0 fully saturated rings.